The zero-order valence-electron chi connectivity index (χ0n) is 15.4. The Morgan fingerprint density at radius 3 is 2.00 bits per heavy atom. The molecule has 1 fully saturated rings. The van der Waals surface area contributed by atoms with E-state index in [2.05, 4.69) is 18.8 Å². The number of rotatable bonds is 4. The molecule has 0 spiro atoms. The van der Waals surface area contributed by atoms with Crippen LogP contribution in [0.1, 0.15) is 40.1 Å². The summed E-state index contributed by atoms with van der Waals surface area (Å²) in [7, 11) is 0. The maximum atomic E-state index is 12.7. The van der Waals surface area contributed by atoms with Gasteiger partial charge in [-0.1, -0.05) is 26.0 Å². The first-order valence-corrected chi connectivity index (χ1v) is 9.12. The molecule has 1 aliphatic heterocycles. The first-order valence-electron chi connectivity index (χ1n) is 9.12. The standard InChI is InChI=1S/C21H25N3O2/c1-16(2)14-17-5-7-18(8-6-17)20(25)23-10-12-24(13-11-23)21(26)19-4-3-9-22-15-19/h3-9,15-16H,10-14H2,1-2H3. The van der Waals surface area contributed by atoms with Crippen LogP contribution in [-0.4, -0.2) is 52.8 Å². The molecule has 0 atom stereocenters. The molecule has 5 heteroatoms. The van der Waals surface area contributed by atoms with Crippen molar-refractivity contribution in [1.29, 1.82) is 0 Å². The number of aromatic nitrogens is 1. The van der Waals surface area contributed by atoms with Gasteiger partial charge in [-0.3, -0.25) is 14.6 Å². The summed E-state index contributed by atoms with van der Waals surface area (Å²) >= 11 is 0. The van der Waals surface area contributed by atoms with Crippen LogP contribution in [-0.2, 0) is 6.42 Å². The van der Waals surface area contributed by atoms with E-state index in [9.17, 15) is 9.59 Å². The molecule has 2 heterocycles. The Morgan fingerprint density at radius 2 is 1.50 bits per heavy atom. The zero-order chi connectivity index (χ0) is 18.5. The normalized spacial score (nSPS) is 14.6. The average Bonchev–Trinajstić information content (AvgIpc) is 2.68. The molecule has 2 amide bonds. The molecule has 0 saturated carbocycles. The maximum Gasteiger partial charge on any atom is 0.255 e. The van der Waals surface area contributed by atoms with Crippen LogP contribution in [0.25, 0.3) is 0 Å². The van der Waals surface area contributed by atoms with Crippen molar-refractivity contribution in [3.05, 3.63) is 65.5 Å². The molecule has 3 rings (SSSR count). The Bertz CT molecular complexity index is 749. The van der Waals surface area contributed by atoms with E-state index in [1.807, 2.05) is 29.2 Å². The molecule has 0 unspecified atom stereocenters. The van der Waals surface area contributed by atoms with Crippen LogP contribution in [0.15, 0.2) is 48.8 Å². The van der Waals surface area contributed by atoms with Gasteiger partial charge in [-0.25, -0.2) is 0 Å². The number of pyridine rings is 1. The molecule has 1 aliphatic rings. The van der Waals surface area contributed by atoms with Crippen molar-refractivity contribution >= 4 is 11.8 Å². The van der Waals surface area contributed by atoms with E-state index >= 15 is 0 Å². The number of hydrogen-bond donors (Lipinski definition) is 0. The molecule has 0 bridgehead atoms. The largest absolute Gasteiger partial charge is 0.335 e. The molecule has 0 aliphatic carbocycles. The van der Waals surface area contributed by atoms with Gasteiger partial charge >= 0.3 is 0 Å². The Kier molecular flexibility index (Phi) is 5.66. The molecular formula is C21H25N3O2. The smallest absolute Gasteiger partial charge is 0.255 e. The van der Waals surface area contributed by atoms with E-state index < -0.39 is 0 Å². The number of piperazine rings is 1. The van der Waals surface area contributed by atoms with Crippen molar-refractivity contribution in [3.63, 3.8) is 0 Å². The van der Waals surface area contributed by atoms with E-state index in [1.54, 1.807) is 29.4 Å². The first kappa shape index (κ1) is 18.1. The van der Waals surface area contributed by atoms with E-state index in [-0.39, 0.29) is 11.8 Å². The summed E-state index contributed by atoms with van der Waals surface area (Å²) in [6.07, 6.45) is 4.25. The summed E-state index contributed by atoms with van der Waals surface area (Å²) in [4.78, 5) is 32.8. The monoisotopic (exact) mass is 351 g/mol. The fourth-order valence-corrected chi connectivity index (χ4v) is 3.22. The van der Waals surface area contributed by atoms with Gasteiger partial charge in [-0.2, -0.15) is 0 Å². The third-order valence-corrected chi connectivity index (χ3v) is 4.61. The van der Waals surface area contributed by atoms with E-state index in [4.69, 9.17) is 0 Å². The fourth-order valence-electron chi connectivity index (χ4n) is 3.22. The van der Waals surface area contributed by atoms with E-state index in [0.717, 1.165) is 6.42 Å². The number of carbonyl (C=O) groups excluding carboxylic acids is 2. The number of amides is 2. The predicted octanol–water partition coefficient (Wildman–Crippen LogP) is 2.88. The summed E-state index contributed by atoms with van der Waals surface area (Å²) in [5.74, 6) is 0.611. The average molecular weight is 351 g/mol. The van der Waals surface area contributed by atoms with Gasteiger partial charge < -0.3 is 9.80 Å². The molecule has 26 heavy (non-hydrogen) atoms. The van der Waals surface area contributed by atoms with Crippen LogP contribution in [0.5, 0.6) is 0 Å². The van der Waals surface area contributed by atoms with Crippen molar-refractivity contribution in [2.75, 3.05) is 26.2 Å². The van der Waals surface area contributed by atoms with Crippen molar-refractivity contribution in [3.8, 4) is 0 Å². The summed E-state index contributed by atoms with van der Waals surface area (Å²) in [6, 6.07) is 11.4. The number of benzene rings is 1. The number of hydrogen-bond acceptors (Lipinski definition) is 3. The predicted molar refractivity (Wildman–Crippen MR) is 101 cm³/mol. The Labute approximate surface area is 154 Å². The second-order valence-electron chi connectivity index (χ2n) is 7.12. The molecule has 5 nitrogen and oxygen atoms in total. The van der Waals surface area contributed by atoms with Crippen LogP contribution in [0, 0.1) is 5.92 Å². The van der Waals surface area contributed by atoms with Gasteiger partial charge in [-0.05, 0) is 42.2 Å². The SMILES string of the molecule is CC(C)Cc1ccc(C(=O)N2CCN(C(=O)c3cccnc3)CC2)cc1. The lowest BCUT2D eigenvalue weighted by Crippen LogP contribution is -2.50. The second kappa shape index (κ2) is 8.13. The van der Waals surface area contributed by atoms with Crippen molar-refractivity contribution in [2.45, 2.75) is 20.3 Å². The van der Waals surface area contributed by atoms with Crippen molar-refractivity contribution < 1.29 is 9.59 Å². The third kappa shape index (κ3) is 4.28. The van der Waals surface area contributed by atoms with Gasteiger partial charge in [0.25, 0.3) is 11.8 Å². The molecule has 2 aromatic rings. The Morgan fingerprint density at radius 1 is 0.923 bits per heavy atom. The van der Waals surface area contributed by atoms with Crippen LogP contribution in [0.4, 0.5) is 0 Å². The van der Waals surface area contributed by atoms with Gasteiger partial charge in [0.05, 0.1) is 5.56 Å². The topological polar surface area (TPSA) is 53.5 Å². The van der Waals surface area contributed by atoms with Gasteiger partial charge in [0.1, 0.15) is 0 Å². The quantitative estimate of drug-likeness (QED) is 0.851. The molecule has 0 radical (unpaired) electrons. The number of nitrogens with zero attached hydrogens (tertiary/aromatic N) is 3. The second-order valence-corrected chi connectivity index (χ2v) is 7.12. The van der Waals surface area contributed by atoms with E-state index in [0.29, 0.717) is 43.2 Å². The lowest BCUT2D eigenvalue weighted by atomic mass is 10.0. The lowest BCUT2D eigenvalue weighted by Gasteiger charge is -2.34. The van der Waals surface area contributed by atoms with Gasteiger partial charge in [0.15, 0.2) is 0 Å². The van der Waals surface area contributed by atoms with Crippen LogP contribution >= 0.6 is 0 Å². The third-order valence-electron chi connectivity index (χ3n) is 4.61. The van der Waals surface area contributed by atoms with Crippen molar-refractivity contribution in [2.24, 2.45) is 5.92 Å². The molecule has 136 valence electrons. The minimum Gasteiger partial charge on any atom is -0.335 e. The number of carbonyl (C=O) groups is 2. The molecule has 1 saturated heterocycles. The Balaban J connectivity index is 1.57. The van der Waals surface area contributed by atoms with Crippen LogP contribution in [0.3, 0.4) is 0 Å². The highest BCUT2D eigenvalue weighted by molar-refractivity contribution is 5.95. The maximum absolute atomic E-state index is 12.7. The molecular weight excluding hydrogens is 326 g/mol. The van der Waals surface area contributed by atoms with Crippen molar-refractivity contribution in [1.82, 2.24) is 14.8 Å². The minimum atomic E-state index is -0.0248. The molecule has 1 aromatic carbocycles. The fraction of sp³-hybridized carbons (Fsp3) is 0.381. The molecule has 0 N–H and O–H groups in total. The zero-order valence-corrected chi connectivity index (χ0v) is 15.4. The highest BCUT2D eigenvalue weighted by Gasteiger charge is 2.25. The van der Waals surface area contributed by atoms with E-state index in [1.165, 1.54) is 5.56 Å². The summed E-state index contributed by atoms with van der Waals surface area (Å²) < 4.78 is 0. The van der Waals surface area contributed by atoms with Crippen LogP contribution < -0.4 is 0 Å². The molecule has 1 aromatic heterocycles. The Hall–Kier alpha value is -2.69. The summed E-state index contributed by atoms with van der Waals surface area (Å²) in [5.41, 5.74) is 2.56. The summed E-state index contributed by atoms with van der Waals surface area (Å²) in [6.45, 7) is 6.57. The van der Waals surface area contributed by atoms with Gasteiger partial charge in [0.2, 0.25) is 0 Å². The van der Waals surface area contributed by atoms with Gasteiger partial charge in [0, 0.05) is 44.1 Å². The highest BCUT2D eigenvalue weighted by atomic mass is 16.2. The van der Waals surface area contributed by atoms with Crippen LogP contribution in [0.2, 0.25) is 0 Å². The minimum absolute atomic E-state index is 0.0248. The lowest BCUT2D eigenvalue weighted by molar-refractivity contribution is 0.0535. The first-order chi connectivity index (χ1) is 12.5. The van der Waals surface area contributed by atoms with Gasteiger partial charge in [-0.15, -0.1) is 0 Å². The summed E-state index contributed by atoms with van der Waals surface area (Å²) in [5, 5.41) is 0. The highest BCUT2D eigenvalue weighted by Crippen LogP contribution is 2.14.